The molecule has 0 radical (unpaired) electrons. The van der Waals surface area contributed by atoms with E-state index in [1.807, 2.05) is 12.1 Å². The number of benzene rings is 1. The largest absolute Gasteiger partial charge is 0.382 e. The van der Waals surface area contributed by atoms with Gasteiger partial charge in [0, 0.05) is 25.8 Å². The van der Waals surface area contributed by atoms with Crippen molar-refractivity contribution in [1.29, 1.82) is 0 Å². The van der Waals surface area contributed by atoms with Crippen LogP contribution in [0.1, 0.15) is 12.8 Å². The van der Waals surface area contributed by atoms with E-state index in [0.29, 0.717) is 10.9 Å². The Morgan fingerprint density at radius 1 is 1.16 bits per heavy atom. The first-order chi connectivity index (χ1) is 9.00. The quantitative estimate of drug-likeness (QED) is 0.869. The lowest BCUT2D eigenvalue weighted by Crippen LogP contribution is -2.35. The van der Waals surface area contributed by atoms with E-state index in [4.69, 9.17) is 0 Å². The van der Waals surface area contributed by atoms with Crippen LogP contribution >= 0.6 is 0 Å². The molecular weight excluding hydrogens is 262 g/mol. The number of hydrogen-bond acceptors (Lipinski definition) is 4. The van der Waals surface area contributed by atoms with Crippen LogP contribution in [0.3, 0.4) is 0 Å². The smallest absolute Gasteiger partial charge is 0.242 e. The van der Waals surface area contributed by atoms with Gasteiger partial charge in [0.15, 0.2) is 0 Å². The summed E-state index contributed by atoms with van der Waals surface area (Å²) in [6, 6.07) is 7.44. The zero-order valence-corrected chi connectivity index (χ0v) is 12.2. The molecule has 2 rings (SSSR count). The summed E-state index contributed by atoms with van der Waals surface area (Å²) in [5.74, 6) is 0. The molecule has 1 aliphatic rings. The second kappa shape index (κ2) is 5.90. The van der Waals surface area contributed by atoms with Crippen molar-refractivity contribution >= 4 is 15.7 Å². The van der Waals surface area contributed by atoms with E-state index in [1.165, 1.54) is 18.4 Å². The normalized spacial score (nSPS) is 17.6. The van der Waals surface area contributed by atoms with Crippen LogP contribution in [0.15, 0.2) is 29.2 Å². The van der Waals surface area contributed by atoms with Gasteiger partial charge in [-0.3, -0.25) is 0 Å². The predicted molar refractivity (Wildman–Crippen MR) is 76.8 cm³/mol. The van der Waals surface area contributed by atoms with E-state index in [-0.39, 0.29) is 0 Å². The molecule has 0 saturated carbocycles. The van der Waals surface area contributed by atoms with Crippen molar-refractivity contribution in [2.45, 2.75) is 23.8 Å². The fourth-order valence-electron chi connectivity index (χ4n) is 2.14. The van der Waals surface area contributed by atoms with Crippen LogP contribution in [0.4, 0.5) is 5.69 Å². The number of nitrogens with one attached hydrogen (secondary N) is 2. The van der Waals surface area contributed by atoms with E-state index < -0.39 is 10.0 Å². The summed E-state index contributed by atoms with van der Waals surface area (Å²) < 4.78 is 25.1. The molecule has 2 N–H and O–H groups in total. The second-order valence-corrected chi connectivity index (χ2v) is 7.13. The molecule has 1 heterocycles. The molecule has 1 aromatic rings. The summed E-state index contributed by atoms with van der Waals surface area (Å²) >= 11 is 0. The summed E-state index contributed by atoms with van der Waals surface area (Å²) in [6.45, 7) is 2.06. The van der Waals surface area contributed by atoms with E-state index in [1.54, 1.807) is 12.1 Å². The first-order valence-electron chi connectivity index (χ1n) is 6.50. The summed E-state index contributed by atoms with van der Waals surface area (Å²) in [5, 5.41) is 6.76. The fraction of sp³-hybridized carbons (Fsp3) is 0.538. The number of sulfonamides is 1. The zero-order chi connectivity index (χ0) is 13.9. The van der Waals surface area contributed by atoms with Gasteiger partial charge in [-0.15, -0.1) is 0 Å². The van der Waals surface area contributed by atoms with Crippen LogP contribution in [0.5, 0.6) is 0 Å². The summed E-state index contributed by atoms with van der Waals surface area (Å²) in [6.07, 6.45) is 2.19. The lowest BCUT2D eigenvalue weighted by Gasteiger charge is -2.24. The zero-order valence-electron chi connectivity index (χ0n) is 11.4. The molecule has 0 amide bonds. The van der Waals surface area contributed by atoms with Crippen LogP contribution in [0, 0.1) is 0 Å². The minimum Gasteiger partial charge on any atom is -0.382 e. The number of anilines is 1. The molecule has 1 saturated heterocycles. The second-order valence-electron chi connectivity index (χ2n) is 4.98. The summed E-state index contributed by atoms with van der Waals surface area (Å²) in [4.78, 5) is 0.327. The lowest BCUT2D eigenvalue weighted by molar-refractivity contribution is 0.479. The van der Waals surface area contributed by atoms with Crippen molar-refractivity contribution in [3.05, 3.63) is 24.3 Å². The van der Waals surface area contributed by atoms with Crippen molar-refractivity contribution in [3.8, 4) is 0 Å². The Balaban J connectivity index is 2.06. The molecular formula is C13H21N3O2S. The van der Waals surface area contributed by atoms with Crippen LogP contribution in [-0.4, -0.2) is 45.9 Å². The van der Waals surface area contributed by atoms with Gasteiger partial charge in [-0.25, -0.2) is 12.7 Å². The first-order valence-corrected chi connectivity index (χ1v) is 7.94. The number of nitrogens with zero attached hydrogens (tertiary/aromatic N) is 1. The van der Waals surface area contributed by atoms with Gasteiger partial charge < -0.3 is 10.6 Å². The van der Waals surface area contributed by atoms with Crippen molar-refractivity contribution in [1.82, 2.24) is 9.62 Å². The van der Waals surface area contributed by atoms with Gasteiger partial charge in [-0.1, -0.05) is 0 Å². The SMILES string of the molecule is CN(C)S(=O)(=O)c1ccc(NC2CCNCC2)cc1. The van der Waals surface area contributed by atoms with Crippen molar-refractivity contribution < 1.29 is 8.42 Å². The third kappa shape index (κ3) is 3.46. The Hall–Kier alpha value is -1.11. The van der Waals surface area contributed by atoms with E-state index in [9.17, 15) is 8.42 Å². The maximum absolute atomic E-state index is 11.9. The third-order valence-electron chi connectivity index (χ3n) is 3.34. The maximum atomic E-state index is 11.9. The Morgan fingerprint density at radius 3 is 2.26 bits per heavy atom. The van der Waals surface area contributed by atoms with Crippen molar-refractivity contribution in [3.63, 3.8) is 0 Å². The molecule has 106 valence electrons. The van der Waals surface area contributed by atoms with Gasteiger partial charge in [0.2, 0.25) is 10.0 Å². The highest BCUT2D eigenvalue weighted by Crippen LogP contribution is 2.18. The minimum absolute atomic E-state index is 0.327. The lowest BCUT2D eigenvalue weighted by atomic mass is 10.1. The van der Waals surface area contributed by atoms with Gasteiger partial charge in [-0.05, 0) is 50.2 Å². The highest BCUT2D eigenvalue weighted by molar-refractivity contribution is 7.89. The Kier molecular flexibility index (Phi) is 4.44. The number of rotatable bonds is 4. The van der Waals surface area contributed by atoms with Crippen molar-refractivity contribution in [2.75, 3.05) is 32.5 Å². The predicted octanol–water partition coefficient (Wildman–Crippen LogP) is 1.10. The molecule has 1 aliphatic heterocycles. The molecule has 0 spiro atoms. The summed E-state index contributed by atoms with van der Waals surface area (Å²) in [7, 11) is -0.255. The topological polar surface area (TPSA) is 61.4 Å². The van der Waals surface area contributed by atoms with Crippen LogP contribution in [0.2, 0.25) is 0 Å². The average Bonchev–Trinajstić information content (AvgIpc) is 2.40. The Morgan fingerprint density at radius 2 is 1.74 bits per heavy atom. The maximum Gasteiger partial charge on any atom is 0.242 e. The van der Waals surface area contributed by atoms with Crippen LogP contribution < -0.4 is 10.6 Å². The molecule has 0 aromatic heterocycles. The van der Waals surface area contributed by atoms with Crippen LogP contribution in [0.25, 0.3) is 0 Å². The standard InChI is InChI=1S/C13H21N3O2S/c1-16(2)19(17,18)13-5-3-11(4-6-13)15-12-7-9-14-10-8-12/h3-6,12,14-15H,7-10H2,1-2H3. The number of piperidine rings is 1. The molecule has 0 unspecified atom stereocenters. The Labute approximate surface area is 115 Å². The van der Waals surface area contributed by atoms with Gasteiger partial charge in [0.25, 0.3) is 0 Å². The van der Waals surface area contributed by atoms with E-state index >= 15 is 0 Å². The van der Waals surface area contributed by atoms with Crippen molar-refractivity contribution in [2.24, 2.45) is 0 Å². The van der Waals surface area contributed by atoms with Gasteiger partial charge in [0.05, 0.1) is 4.90 Å². The van der Waals surface area contributed by atoms with E-state index in [0.717, 1.165) is 31.6 Å². The highest BCUT2D eigenvalue weighted by atomic mass is 32.2. The molecule has 0 aliphatic carbocycles. The third-order valence-corrected chi connectivity index (χ3v) is 5.17. The average molecular weight is 283 g/mol. The molecule has 0 bridgehead atoms. The first kappa shape index (κ1) is 14.3. The van der Waals surface area contributed by atoms with Crippen LogP contribution in [-0.2, 0) is 10.0 Å². The molecule has 19 heavy (non-hydrogen) atoms. The molecule has 0 atom stereocenters. The minimum atomic E-state index is -3.33. The Bertz CT molecular complexity index is 505. The van der Waals surface area contributed by atoms with E-state index in [2.05, 4.69) is 10.6 Å². The van der Waals surface area contributed by atoms with Gasteiger partial charge in [0.1, 0.15) is 0 Å². The van der Waals surface area contributed by atoms with Gasteiger partial charge >= 0.3 is 0 Å². The molecule has 1 fully saturated rings. The number of hydrogen-bond donors (Lipinski definition) is 2. The molecule has 6 heteroatoms. The highest BCUT2D eigenvalue weighted by Gasteiger charge is 2.17. The molecule has 5 nitrogen and oxygen atoms in total. The fourth-order valence-corrected chi connectivity index (χ4v) is 3.04. The monoisotopic (exact) mass is 283 g/mol. The van der Waals surface area contributed by atoms with Gasteiger partial charge in [-0.2, -0.15) is 0 Å². The molecule has 1 aromatic carbocycles. The summed E-state index contributed by atoms with van der Waals surface area (Å²) in [5.41, 5.74) is 0.976.